The van der Waals surface area contributed by atoms with Crippen LogP contribution >= 0.6 is 0 Å². The highest BCUT2D eigenvalue weighted by Gasteiger charge is 2.45. The average molecular weight is 401 g/mol. The van der Waals surface area contributed by atoms with Crippen LogP contribution in [0.5, 0.6) is 0 Å². The third-order valence-corrected chi connectivity index (χ3v) is 8.51. The van der Waals surface area contributed by atoms with E-state index in [1.54, 1.807) is 0 Å². The van der Waals surface area contributed by atoms with E-state index in [0.29, 0.717) is 12.1 Å². The molecule has 30 heavy (non-hydrogen) atoms. The van der Waals surface area contributed by atoms with Crippen molar-refractivity contribution < 1.29 is 4.79 Å². The predicted molar refractivity (Wildman–Crippen MR) is 120 cm³/mol. The van der Waals surface area contributed by atoms with Crippen molar-refractivity contribution in [3.05, 3.63) is 47.5 Å². The SMILES string of the molecule is CN1CC2CN(c3ccc4c(c3)C(=O)c3cc(N5CC6CN(C)C6C5)ccc3-4)CC21. The number of hydrogen-bond acceptors (Lipinski definition) is 5. The Labute approximate surface area is 177 Å². The molecule has 4 saturated heterocycles. The molecule has 5 nitrogen and oxygen atoms in total. The van der Waals surface area contributed by atoms with Crippen molar-refractivity contribution in [2.45, 2.75) is 12.1 Å². The number of fused-ring (bicyclic) bond motifs is 5. The van der Waals surface area contributed by atoms with E-state index in [9.17, 15) is 4.79 Å². The second-order valence-corrected chi connectivity index (χ2v) is 10.1. The van der Waals surface area contributed by atoms with Crippen molar-refractivity contribution in [2.75, 3.05) is 63.2 Å². The van der Waals surface area contributed by atoms with Crippen LogP contribution in [0.2, 0.25) is 0 Å². The fourth-order valence-electron chi connectivity index (χ4n) is 6.67. The second-order valence-electron chi connectivity index (χ2n) is 10.1. The molecule has 4 atom stereocenters. The summed E-state index contributed by atoms with van der Waals surface area (Å²) in [5.41, 5.74) is 6.38. The molecule has 7 rings (SSSR count). The number of carbonyl (C=O) groups excluding carboxylic acids is 1. The van der Waals surface area contributed by atoms with E-state index >= 15 is 0 Å². The van der Waals surface area contributed by atoms with Crippen molar-refractivity contribution in [2.24, 2.45) is 11.8 Å². The third kappa shape index (κ3) is 2.22. The number of ketones is 1. The van der Waals surface area contributed by atoms with Gasteiger partial charge in [-0.1, -0.05) is 12.1 Å². The Kier molecular flexibility index (Phi) is 3.38. The van der Waals surface area contributed by atoms with Gasteiger partial charge in [-0.05, 0) is 49.5 Å². The Morgan fingerprint density at radius 3 is 1.50 bits per heavy atom. The summed E-state index contributed by atoms with van der Waals surface area (Å²) in [6, 6.07) is 14.4. The van der Waals surface area contributed by atoms with E-state index in [-0.39, 0.29) is 5.78 Å². The zero-order chi connectivity index (χ0) is 20.1. The van der Waals surface area contributed by atoms with Crippen LogP contribution in [0.15, 0.2) is 36.4 Å². The van der Waals surface area contributed by atoms with Crippen LogP contribution < -0.4 is 9.80 Å². The number of likely N-dealkylation sites (N-methyl/N-ethyl adjacent to an activating group) is 2. The van der Waals surface area contributed by atoms with Crippen LogP contribution in [0.3, 0.4) is 0 Å². The van der Waals surface area contributed by atoms with Gasteiger partial charge < -0.3 is 19.6 Å². The van der Waals surface area contributed by atoms with Gasteiger partial charge in [0.25, 0.3) is 0 Å². The third-order valence-electron chi connectivity index (χ3n) is 8.51. The van der Waals surface area contributed by atoms with Crippen molar-refractivity contribution in [3.8, 4) is 11.1 Å². The molecule has 5 aliphatic rings. The maximum Gasteiger partial charge on any atom is 0.194 e. The quantitative estimate of drug-likeness (QED) is 0.659. The normalized spacial score (nSPS) is 31.9. The molecule has 2 aromatic carbocycles. The van der Waals surface area contributed by atoms with Gasteiger partial charge in [0.05, 0.1) is 0 Å². The molecule has 154 valence electrons. The minimum atomic E-state index is 0.197. The minimum absolute atomic E-state index is 0.197. The Bertz CT molecular complexity index is 997. The first-order valence-electron chi connectivity index (χ1n) is 11.3. The summed E-state index contributed by atoms with van der Waals surface area (Å²) in [5.74, 6) is 1.77. The van der Waals surface area contributed by atoms with Crippen molar-refractivity contribution >= 4 is 17.2 Å². The van der Waals surface area contributed by atoms with E-state index in [4.69, 9.17) is 0 Å². The molecule has 4 fully saturated rings. The first-order valence-corrected chi connectivity index (χ1v) is 11.3. The van der Waals surface area contributed by atoms with Crippen LogP contribution in [-0.4, -0.2) is 81.0 Å². The van der Waals surface area contributed by atoms with Crippen LogP contribution in [0.1, 0.15) is 15.9 Å². The van der Waals surface area contributed by atoms with E-state index in [2.05, 4.69) is 70.1 Å². The lowest BCUT2D eigenvalue weighted by Crippen LogP contribution is -2.52. The zero-order valence-corrected chi connectivity index (χ0v) is 17.7. The smallest absolute Gasteiger partial charge is 0.194 e. The molecule has 0 saturated carbocycles. The molecule has 4 unspecified atom stereocenters. The molecule has 4 aliphatic heterocycles. The van der Waals surface area contributed by atoms with Crippen LogP contribution in [0.25, 0.3) is 11.1 Å². The molecular weight excluding hydrogens is 372 g/mol. The summed E-state index contributed by atoms with van der Waals surface area (Å²) in [6.45, 7) is 6.80. The molecule has 0 bridgehead atoms. The molecule has 4 heterocycles. The van der Waals surface area contributed by atoms with Gasteiger partial charge in [-0.15, -0.1) is 0 Å². The summed E-state index contributed by atoms with van der Waals surface area (Å²) in [7, 11) is 4.43. The van der Waals surface area contributed by atoms with E-state index < -0.39 is 0 Å². The largest absolute Gasteiger partial charge is 0.370 e. The lowest BCUT2D eigenvalue weighted by Gasteiger charge is -2.40. The summed E-state index contributed by atoms with van der Waals surface area (Å²) in [5, 5.41) is 0. The molecule has 1 aliphatic carbocycles. The maximum atomic E-state index is 13.4. The fourth-order valence-corrected chi connectivity index (χ4v) is 6.67. The molecule has 0 spiro atoms. The Morgan fingerprint density at radius 2 is 1.10 bits per heavy atom. The lowest BCUT2D eigenvalue weighted by molar-refractivity contribution is 0.0827. The molecular formula is C25H28N4O. The van der Waals surface area contributed by atoms with Gasteiger partial charge in [-0.3, -0.25) is 4.79 Å². The monoisotopic (exact) mass is 400 g/mol. The van der Waals surface area contributed by atoms with Crippen molar-refractivity contribution in [1.29, 1.82) is 0 Å². The summed E-state index contributed by atoms with van der Waals surface area (Å²) in [6.07, 6.45) is 0. The van der Waals surface area contributed by atoms with E-state index in [0.717, 1.165) is 60.3 Å². The standard InChI is InChI=1S/C25H28N4O/c1-26-9-15-11-28(13-23(15)26)17-3-5-19-20-6-4-18(8-22(20)25(30)21(19)7-17)29-12-16-10-27(2)24(16)14-29/h3-8,15-16,23-24H,9-14H2,1-2H3. The summed E-state index contributed by atoms with van der Waals surface area (Å²) < 4.78 is 0. The summed E-state index contributed by atoms with van der Waals surface area (Å²) in [4.78, 5) is 23.2. The van der Waals surface area contributed by atoms with Gasteiger partial charge in [0.1, 0.15) is 0 Å². The van der Waals surface area contributed by atoms with Crippen LogP contribution in [0, 0.1) is 11.8 Å². The highest BCUT2D eigenvalue weighted by atomic mass is 16.1. The van der Waals surface area contributed by atoms with Gasteiger partial charge in [-0.2, -0.15) is 0 Å². The van der Waals surface area contributed by atoms with Crippen LogP contribution in [-0.2, 0) is 0 Å². The van der Waals surface area contributed by atoms with Gasteiger partial charge in [-0.25, -0.2) is 0 Å². The lowest BCUT2D eigenvalue weighted by atomic mass is 9.93. The van der Waals surface area contributed by atoms with E-state index in [1.165, 1.54) is 24.5 Å². The second kappa shape index (κ2) is 5.86. The molecule has 0 N–H and O–H groups in total. The van der Waals surface area contributed by atoms with Crippen molar-refractivity contribution in [1.82, 2.24) is 9.80 Å². The first kappa shape index (κ1) is 17.3. The van der Waals surface area contributed by atoms with Crippen LogP contribution in [0.4, 0.5) is 11.4 Å². The molecule has 0 radical (unpaired) electrons. The highest BCUT2D eigenvalue weighted by Crippen LogP contribution is 2.42. The van der Waals surface area contributed by atoms with Gasteiger partial charge in [0, 0.05) is 85.7 Å². The number of benzene rings is 2. The number of nitrogens with zero attached hydrogens (tertiary/aromatic N) is 4. The Morgan fingerprint density at radius 1 is 0.633 bits per heavy atom. The van der Waals surface area contributed by atoms with Gasteiger partial charge >= 0.3 is 0 Å². The fraction of sp³-hybridized carbons (Fsp3) is 0.480. The topological polar surface area (TPSA) is 30.0 Å². The Hall–Kier alpha value is -2.37. The summed E-state index contributed by atoms with van der Waals surface area (Å²) >= 11 is 0. The number of rotatable bonds is 2. The number of carbonyl (C=O) groups is 1. The molecule has 0 aromatic heterocycles. The number of anilines is 2. The maximum absolute atomic E-state index is 13.4. The average Bonchev–Trinajstić information content (AvgIpc) is 3.37. The van der Waals surface area contributed by atoms with Gasteiger partial charge in [0.2, 0.25) is 0 Å². The predicted octanol–water partition coefficient (Wildman–Crippen LogP) is 2.40. The van der Waals surface area contributed by atoms with Gasteiger partial charge in [0.15, 0.2) is 5.78 Å². The number of likely N-dealkylation sites (tertiary alicyclic amines) is 2. The molecule has 2 aromatic rings. The van der Waals surface area contributed by atoms with E-state index in [1.807, 2.05) is 0 Å². The highest BCUT2D eigenvalue weighted by molar-refractivity contribution is 6.22. The number of hydrogen-bond donors (Lipinski definition) is 0. The van der Waals surface area contributed by atoms with Crippen molar-refractivity contribution in [3.63, 3.8) is 0 Å². The minimum Gasteiger partial charge on any atom is -0.370 e. The molecule has 5 heteroatoms. The zero-order valence-electron chi connectivity index (χ0n) is 17.7. The Balaban J connectivity index is 1.18. The molecule has 0 amide bonds. The first-order chi connectivity index (χ1) is 14.6.